The molecular weight excluding hydrogens is 824 g/mol. The second-order valence-corrected chi connectivity index (χ2v) is 16.0. The van der Waals surface area contributed by atoms with Crippen LogP contribution < -0.4 is 19.4 Å². The average molecular weight is 855 g/mol. The Kier molecular flexibility index (Phi) is 9.58. The predicted octanol–water partition coefficient (Wildman–Crippen LogP) is 8.35. The summed E-state index contributed by atoms with van der Waals surface area (Å²) in [7, 11) is 5.10. The van der Waals surface area contributed by atoms with E-state index in [0.717, 1.165) is 10.6 Å². The van der Waals surface area contributed by atoms with Crippen LogP contribution in [0.3, 0.4) is 0 Å². The average Bonchev–Trinajstić information content (AvgIpc) is 3.56. The zero-order valence-electron chi connectivity index (χ0n) is 31.0. The van der Waals surface area contributed by atoms with Gasteiger partial charge in [0.1, 0.15) is 17.2 Å². The molecule has 4 amide bonds. The third kappa shape index (κ3) is 5.74. The lowest BCUT2D eigenvalue weighted by Crippen LogP contribution is -2.60. The van der Waals surface area contributed by atoms with Crippen molar-refractivity contribution in [2.45, 2.75) is 28.5 Å². The highest BCUT2D eigenvalue weighted by molar-refractivity contribution is 6.58. The van der Waals surface area contributed by atoms with Gasteiger partial charge in [0.25, 0.3) is 11.8 Å². The first-order chi connectivity index (χ1) is 28.0. The summed E-state index contributed by atoms with van der Waals surface area (Å²) in [6.45, 7) is 0. The van der Waals surface area contributed by atoms with Crippen LogP contribution in [-0.4, -0.2) is 59.7 Å². The number of imide groups is 2. The van der Waals surface area contributed by atoms with E-state index in [4.69, 9.17) is 27.9 Å². The number of alkyl halides is 2. The van der Waals surface area contributed by atoms with Gasteiger partial charge >= 0.3 is 0 Å². The number of halogens is 7. The number of allylic oxidation sites excluding steroid dienone is 2. The number of hydrogen-bond donors (Lipinski definition) is 1. The van der Waals surface area contributed by atoms with Gasteiger partial charge in [-0.05, 0) is 85.5 Å². The second kappa shape index (κ2) is 14.2. The Hall–Kier alpha value is -5.87. The van der Waals surface area contributed by atoms with Crippen LogP contribution in [0.2, 0.25) is 0 Å². The number of carbonyl (C=O) groups is 4. The van der Waals surface area contributed by atoms with E-state index in [-0.39, 0.29) is 33.9 Å². The summed E-state index contributed by atoms with van der Waals surface area (Å²) in [5, 5.41) is 19.7. The highest BCUT2D eigenvalue weighted by Crippen LogP contribution is 2.67. The summed E-state index contributed by atoms with van der Waals surface area (Å²) in [4.78, 5) is 54.6. The lowest BCUT2D eigenvalue weighted by atomic mass is 9.56. The Morgan fingerprint density at radius 3 is 1.92 bits per heavy atom. The van der Waals surface area contributed by atoms with Gasteiger partial charge in [-0.3, -0.25) is 24.1 Å². The van der Waals surface area contributed by atoms with E-state index < -0.39 is 104 Å². The van der Waals surface area contributed by atoms with Crippen LogP contribution in [0.15, 0.2) is 88.6 Å². The van der Waals surface area contributed by atoms with E-state index in [1.54, 1.807) is 24.3 Å². The molecule has 6 atom stereocenters. The van der Waals surface area contributed by atoms with Gasteiger partial charge in [-0.25, -0.2) is 26.9 Å². The summed E-state index contributed by atoms with van der Waals surface area (Å²) >= 11 is 14.3. The molecule has 2 heterocycles. The van der Waals surface area contributed by atoms with E-state index in [0.29, 0.717) is 11.4 Å². The van der Waals surface area contributed by atoms with Crippen LogP contribution >= 0.6 is 23.2 Å². The van der Waals surface area contributed by atoms with Gasteiger partial charge in [0.2, 0.25) is 17.6 Å². The highest BCUT2D eigenvalue weighted by atomic mass is 35.5. The standard InChI is InChI=1S/C41H30Cl2F5N5O6/c1-51(2)20-8-4-18(5-9-20)49-50-19-6-10-21(11-7-19)52-36(55)24-14-13-23-26(28(24)37(52)56)17-40(42)38(57)53(35-33(47)31(45)30(44)32(46)34(35)48)39(58)41(40,43)29(23)25-16-22(59-3)12-15-27(25)54/h4-13,15-16,24,26,28-29,54H,14,17H2,1-3H3/t24-,26+,28-,29+,40+,41-/m0/s1. The monoisotopic (exact) mass is 853 g/mol. The Morgan fingerprint density at radius 1 is 0.763 bits per heavy atom. The van der Waals surface area contributed by atoms with Crippen LogP contribution in [0.5, 0.6) is 11.5 Å². The molecule has 59 heavy (non-hydrogen) atoms. The molecular formula is C41H30Cl2F5N5O6. The molecule has 0 aromatic heterocycles. The van der Waals surface area contributed by atoms with Crippen molar-refractivity contribution < 1.29 is 51.0 Å². The van der Waals surface area contributed by atoms with Crippen molar-refractivity contribution in [3.8, 4) is 11.5 Å². The fourth-order valence-electron chi connectivity index (χ4n) is 8.66. The molecule has 4 aromatic rings. The Balaban J connectivity index is 1.19. The van der Waals surface area contributed by atoms with Crippen molar-refractivity contribution >= 4 is 75.3 Å². The molecule has 1 N–H and O–H groups in total. The van der Waals surface area contributed by atoms with Crippen LogP contribution in [0.25, 0.3) is 0 Å². The SMILES string of the molecule is COc1ccc(O)c([C@H]2C3=CC[C@@H]4C(=O)N(c5ccc(N=Nc6ccc(N(C)C)cc6)cc5)C(=O)[C@@H]4[C@@H]3C[C@@]3(Cl)C(=O)N(c4c(F)c(F)c(F)c(F)c4F)C(=O)[C@@]23Cl)c1. The minimum Gasteiger partial charge on any atom is -0.508 e. The van der Waals surface area contributed by atoms with Gasteiger partial charge in [0, 0.05) is 31.3 Å². The van der Waals surface area contributed by atoms with Crippen LogP contribution in [0.1, 0.15) is 24.3 Å². The third-order valence-electron chi connectivity index (χ3n) is 11.5. The normalized spacial score (nSPS) is 26.3. The predicted molar refractivity (Wildman–Crippen MR) is 205 cm³/mol. The lowest BCUT2D eigenvalue weighted by molar-refractivity contribution is -0.125. The topological polar surface area (TPSA) is 132 Å². The number of phenols is 1. The molecule has 1 saturated carbocycles. The molecule has 11 nitrogen and oxygen atoms in total. The van der Waals surface area contributed by atoms with Crippen molar-refractivity contribution in [2.24, 2.45) is 28.0 Å². The smallest absolute Gasteiger partial charge is 0.258 e. The number of nitrogens with zero attached hydrogens (tertiary/aromatic N) is 5. The zero-order chi connectivity index (χ0) is 42.5. The zero-order valence-corrected chi connectivity index (χ0v) is 32.5. The molecule has 0 unspecified atom stereocenters. The molecule has 8 rings (SSSR count). The number of ether oxygens (including phenoxy) is 1. The Morgan fingerprint density at radius 2 is 1.34 bits per heavy atom. The number of phenolic OH excluding ortho intramolecular Hbond substituents is 1. The number of anilines is 3. The van der Waals surface area contributed by atoms with Gasteiger partial charge in [-0.2, -0.15) is 10.2 Å². The molecule has 4 aliphatic rings. The molecule has 2 aliphatic heterocycles. The first-order valence-electron chi connectivity index (χ1n) is 18.0. The number of amides is 4. The number of hydrogen-bond acceptors (Lipinski definition) is 9. The fourth-order valence-corrected chi connectivity index (χ4v) is 9.59. The van der Waals surface area contributed by atoms with Crippen LogP contribution in [0.4, 0.5) is 50.4 Å². The fraction of sp³-hybridized carbons (Fsp3) is 0.268. The molecule has 4 aromatic carbocycles. The van der Waals surface area contributed by atoms with Gasteiger partial charge in [0.05, 0.1) is 36.0 Å². The molecule has 0 bridgehead atoms. The van der Waals surface area contributed by atoms with Crippen molar-refractivity contribution in [3.05, 3.63) is 113 Å². The summed E-state index contributed by atoms with van der Waals surface area (Å²) in [5.41, 5.74) is 0.226. The van der Waals surface area contributed by atoms with Crippen LogP contribution in [-0.2, 0) is 19.2 Å². The van der Waals surface area contributed by atoms with Gasteiger partial charge in [-0.15, -0.1) is 23.2 Å². The first kappa shape index (κ1) is 39.9. The van der Waals surface area contributed by atoms with E-state index in [1.807, 2.05) is 31.1 Å². The van der Waals surface area contributed by atoms with Crippen molar-refractivity contribution in [1.82, 2.24) is 0 Å². The molecule has 2 aliphatic carbocycles. The number of rotatable bonds is 7. The minimum atomic E-state index is -2.81. The van der Waals surface area contributed by atoms with Gasteiger partial charge in [0.15, 0.2) is 33.0 Å². The molecule has 0 spiro atoms. The summed E-state index contributed by atoms with van der Waals surface area (Å²) < 4.78 is 79.2. The van der Waals surface area contributed by atoms with E-state index in [2.05, 4.69) is 10.2 Å². The van der Waals surface area contributed by atoms with Crippen molar-refractivity contribution in [1.29, 1.82) is 0 Å². The Bertz CT molecular complexity index is 2530. The maximum atomic E-state index is 15.3. The molecule has 3 fully saturated rings. The molecule has 2 saturated heterocycles. The minimum absolute atomic E-state index is 0.0938. The van der Waals surface area contributed by atoms with Crippen molar-refractivity contribution in [2.75, 3.05) is 35.9 Å². The number of fused-ring (bicyclic) bond motifs is 4. The number of carbonyl (C=O) groups excluding carboxylic acids is 4. The van der Waals surface area contributed by atoms with Gasteiger partial charge < -0.3 is 14.7 Å². The third-order valence-corrected chi connectivity index (χ3v) is 12.9. The van der Waals surface area contributed by atoms with Crippen LogP contribution in [0, 0.1) is 46.8 Å². The maximum Gasteiger partial charge on any atom is 0.258 e. The molecule has 0 radical (unpaired) electrons. The quantitative estimate of drug-likeness (QED) is 0.0376. The number of aromatic hydroxyl groups is 1. The summed E-state index contributed by atoms with van der Waals surface area (Å²) in [5.74, 6) is -22.6. The second-order valence-electron chi connectivity index (χ2n) is 14.8. The first-order valence-corrected chi connectivity index (χ1v) is 18.7. The number of azo groups is 1. The van der Waals surface area contributed by atoms with E-state index >= 15 is 8.78 Å². The molecule has 304 valence electrons. The van der Waals surface area contributed by atoms with E-state index in [9.17, 15) is 37.5 Å². The summed E-state index contributed by atoms with van der Waals surface area (Å²) in [6.07, 6.45) is 0.728. The number of methoxy groups -OCH3 is 1. The van der Waals surface area contributed by atoms with E-state index in [1.165, 1.54) is 43.5 Å². The maximum absolute atomic E-state index is 15.3. The largest absolute Gasteiger partial charge is 0.508 e. The highest BCUT2D eigenvalue weighted by Gasteiger charge is 2.77. The lowest BCUT2D eigenvalue weighted by Gasteiger charge is -2.50. The van der Waals surface area contributed by atoms with Crippen molar-refractivity contribution in [3.63, 3.8) is 0 Å². The Labute approximate surface area is 342 Å². The number of benzene rings is 4. The van der Waals surface area contributed by atoms with Gasteiger partial charge in [-0.1, -0.05) is 11.6 Å². The summed E-state index contributed by atoms with van der Waals surface area (Å²) in [6, 6.07) is 17.2. The molecule has 18 heteroatoms.